The Labute approximate surface area is 102 Å². The maximum absolute atomic E-state index is 13.6. The van der Waals surface area contributed by atoms with Crippen molar-refractivity contribution < 1.29 is 23.8 Å². The molecule has 1 N–H and O–H groups in total. The molecule has 0 aromatic heterocycles. The van der Waals surface area contributed by atoms with E-state index in [0.717, 1.165) is 0 Å². The molecule has 11 heteroatoms. The zero-order chi connectivity index (χ0) is 14.3. The maximum atomic E-state index is 13.6. The average Bonchev–Trinajstić information content (AvgIpc) is 2.29. The Kier molecular flexibility index (Phi) is 2.58. The number of nitro groups is 2. The lowest BCUT2D eigenvalue weighted by Crippen LogP contribution is -2.33. The van der Waals surface area contributed by atoms with Crippen LogP contribution in [0.25, 0.3) is 0 Å². The Bertz CT molecular complexity index is 657. The van der Waals surface area contributed by atoms with Crippen LogP contribution < -0.4 is 10.6 Å². The summed E-state index contributed by atoms with van der Waals surface area (Å²) in [7, 11) is 0. The second-order valence-corrected chi connectivity index (χ2v) is 3.34. The van der Waals surface area contributed by atoms with Crippen molar-refractivity contribution >= 4 is 34.6 Å². The monoisotopic (exact) mass is 269 g/mol. The summed E-state index contributed by atoms with van der Waals surface area (Å²) in [6, 6.07) is 0.561. The van der Waals surface area contributed by atoms with E-state index >= 15 is 0 Å². The molecule has 19 heavy (non-hydrogen) atoms. The minimum absolute atomic E-state index is 0.468. The first-order valence-corrected chi connectivity index (χ1v) is 4.55. The highest BCUT2D eigenvalue weighted by Gasteiger charge is 2.38. The quantitative estimate of drug-likeness (QED) is 0.465. The number of hydrogen-bond acceptors (Lipinski definition) is 6. The number of rotatable bonds is 2. The number of anilines is 1. The van der Waals surface area contributed by atoms with Gasteiger partial charge in [-0.05, 0) is 0 Å². The molecule has 1 aliphatic heterocycles. The van der Waals surface area contributed by atoms with Crippen LogP contribution in [-0.4, -0.2) is 21.7 Å². The second-order valence-electron chi connectivity index (χ2n) is 3.34. The fourth-order valence-electron chi connectivity index (χ4n) is 1.46. The fourth-order valence-corrected chi connectivity index (χ4v) is 1.46. The van der Waals surface area contributed by atoms with Crippen LogP contribution in [0.3, 0.4) is 0 Å². The van der Waals surface area contributed by atoms with Gasteiger partial charge in [-0.25, -0.2) is 0 Å². The Hall–Kier alpha value is -3.11. The van der Waals surface area contributed by atoms with Gasteiger partial charge < -0.3 is 5.32 Å². The van der Waals surface area contributed by atoms with E-state index in [4.69, 9.17) is 0 Å². The number of carbonyl (C=O) groups excluding carboxylic acids is 2. The van der Waals surface area contributed by atoms with E-state index in [-0.39, 0.29) is 0 Å². The van der Waals surface area contributed by atoms with E-state index < -0.39 is 50.2 Å². The zero-order valence-electron chi connectivity index (χ0n) is 8.75. The summed E-state index contributed by atoms with van der Waals surface area (Å²) >= 11 is 0. The third kappa shape index (κ3) is 1.82. The van der Waals surface area contributed by atoms with Gasteiger partial charge >= 0.3 is 23.2 Å². The molecular formula is C8H2FN4O6. The number of amides is 2. The topological polar surface area (TPSA) is 147 Å². The summed E-state index contributed by atoms with van der Waals surface area (Å²) in [6.45, 7) is 0. The number of benzene rings is 1. The smallest absolute Gasteiger partial charge is 0.315 e. The van der Waals surface area contributed by atoms with Gasteiger partial charge in [-0.1, -0.05) is 0 Å². The first-order chi connectivity index (χ1) is 8.82. The van der Waals surface area contributed by atoms with Crippen molar-refractivity contribution in [2.24, 2.45) is 0 Å². The maximum Gasteiger partial charge on any atom is 0.339 e. The van der Waals surface area contributed by atoms with Gasteiger partial charge in [0, 0.05) is 6.07 Å². The molecule has 10 nitrogen and oxygen atoms in total. The first-order valence-electron chi connectivity index (χ1n) is 4.55. The van der Waals surface area contributed by atoms with Crippen LogP contribution in [0.15, 0.2) is 6.07 Å². The van der Waals surface area contributed by atoms with Crippen LogP contribution >= 0.6 is 0 Å². The third-order valence-electron chi connectivity index (χ3n) is 2.23. The summed E-state index contributed by atoms with van der Waals surface area (Å²) in [5.41, 5.74) is -3.75. The molecule has 0 saturated heterocycles. The molecular weight excluding hydrogens is 267 g/mol. The molecule has 0 fully saturated rings. The molecule has 1 heterocycles. The molecule has 0 saturated carbocycles. The molecule has 1 aliphatic rings. The van der Waals surface area contributed by atoms with Crippen LogP contribution in [0.1, 0.15) is 0 Å². The van der Waals surface area contributed by atoms with E-state index in [1.165, 1.54) is 0 Å². The highest BCUT2D eigenvalue weighted by atomic mass is 19.1. The summed E-state index contributed by atoms with van der Waals surface area (Å²) in [5, 5.41) is 26.2. The minimum Gasteiger partial charge on any atom is -0.315 e. The fraction of sp³-hybridized carbons (Fsp3) is 0. The molecule has 0 unspecified atom stereocenters. The van der Waals surface area contributed by atoms with Crippen molar-refractivity contribution in [2.75, 3.05) is 5.32 Å². The SMILES string of the molecule is O=C1[N]c2c(cc([N+](=O)[O-])c(F)c2[N+](=O)[O-])NC1=O. The van der Waals surface area contributed by atoms with E-state index in [1.807, 2.05) is 5.32 Å². The van der Waals surface area contributed by atoms with Crippen molar-refractivity contribution in [2.45, 2.75) is 0 Å². The standard InChI is InChI=1S/C8H2FN4O6/c9-4-3(12(16)17)1-2-5(6(4)13(18)19)11-8(15)7(14)10-2/h1H,(H,10,14). The van der Waals surface area contributed by atoms with Crippen molar-refractivity contribution in [3.8, 4) is 0 Å². The number of nitrogens with zero attached hydrogens (tertiary/aromatic N) is 3. The number of halogens is 1. The molecule has 1 aromatic rings. The van der Waals surface area contributed by atoms with Gasteiger partial charge in [0.15, 0.2) is 5.69 Å². The van der Waals surface area contributed by atoms with Gasteiger partial charge in [-0.2, -0.15) is 9.71 Å². The highest BCUT2D eigenvalue weighted by molar-refractivity contribution is 6.42. The predicted molar refractivity (Wildman–Crippen MR) is 55.1 cm³/mol. The Balaban J connectivity index is 2.78. The lowest BCUT2D eigenvalue weighted by atomic mass is 10.1. The second kappa shape index (κ2) is 3.97. The average molecular weight is 269 g/mol. The largest absolute Gasteiger partial charge is 0.339 e. The Morgan fingerprint density at radius 2 is 1.84 bits per heavy atom. The normalized spacial score (nSPS) is 13.3. The number of nitrogens with one attached hydrogen (secondary N) is 1. The highest BCUT2D eigenvalue weighted by Crippen LogP contribution is 2.41. The molecule has 0 atom stereocenters. The van der Waals surface area contributed by atoms with Crippen LogP contribution in [0.4, 0.5) is 27.1 Å². The molecule has 0 bridgehead atoms. The molecule has 0 aliphatic carbocycles. The van der Waals surface area contributed by atoms with E-state index in [2.05, 4.69) is 5.32 Å². The van der Waals surface area contributed by atoms with Crippen molar-refractivity contribution in [1.29, 1.82) is 0 Å². The molecule has 1 aromatic carbocycles. The van der Waals surface area contributed by atoms with Gasteiger partial charge in [-0.15, -0.1) is 0 Å². The summed E-state index contributed by atoms with van der Waals surface area (Å²) < 4.78 is 13.6. The van der Waals surface area contributed by atoms with Gasteiger partial charge in [0.25, 0.3) is 5.82 Å². The molecule has 2 rings (SSSR count). The van der Waals surface area contributed by atoms with Crippen LogP contribution in [-0.2, 0) is 9.59 Å². The predicted octanol–water partition coefficient (Wildman–Crippen LogP) is 0.357. The molecule has 0 spiro atoms. The van der Waals surface area contributed by atoms with E-state index in [1.54, 1.807) is 0 Å². The number of nitro benzene ring substituents is 2. The van der Waals surface area contributed by atoms with Crippen molar-refractivity contribution in [3.05, 3.63) is 32.1 Å². The van der Waals surface area contributed by atoms with Crippen LogP contribution in [0.2, 0.25) is 0 Å². The lowest BCUT2D eigenvalue weighted by molar-refractivity contribution is -0.398. The van der Waals surface area contributed by atoms with Gasteiger partial charge in [0.2, 0.25) is 0 Å². The Morgan fingerprint density at radius 1 is 1.21 bits per heavy atom. The number of hydrogen-bond donors (Lipinski definition) is 1. The first kappa shape index (κ1) is 12.3. The minimum atomic E-state index is -1.73. The van der Waals surface area contributed by atoms with Gasteiger partial charge in [0.05, 0.1) is 15.5 Å². The van der Waals surface area contributed by atoms with Crippen LogP contribution in [0.5, 0.6) is 0 Å². The zero-order valence-corrected chi connectivity index (χ0v) is 8.75. The van der Waals surface area contributed by atoms with E-state index in [9.17, 15) is 34.2 Å². The van der Waals surface area contributed by atoms with Crippen LogP contribution in [0, 0.1) is 26.0 Å². The third-order valence-corrected chi connectivity index (χ3v) is 2.23. The van der Waals surface area contributed by atoms with Gasteiger partial charge in [-0.3, -0.25) is 29.8 Å². The van der Waals surface area contributed by atoms with Crippen molar-refractivity contribution in [1.82, 2.24) is 5.32 Å². The summed E-state index contributed by atoms with van der Waals surface area (Å²) in [4.78, 5) is 40.9. The Morgan fingerprint density at radius 3 is 2.37 bits per heavy atom. The number of fused-ring (bicyclic) bond motifs is 1. The molecule has 2 amide bonds. The lowest BCUT2D eigenvalue weighted by Gasteiger charge is -2.14. The van der Waals surface area contributed by atoms with E-state index in [0.29, 0.717) is 6.07 Å². The number of carbonyl (C=O) groups is 2. The van der Waals surface area contributed by atoms with Gasteiger partial charge in [0.1, 0.15) is 0 Å². The molecule has 97 valence electrons. The summed E-state index contributed by atoms with van der Waals surface area (Å²) in [6.07, 6.45) is 0. The molecule has 1 radical (unpaired) electrons. The van der Waals surface area contributed by atoms with Crippen molar-refractivity contribution in [3.63, 3.8) is 0 Å². The summed E-state index contributed by atoms with van der Waals surface area (Å²) in [5.74, 6) is -4.31.